The van der Waals surface area contributed by atoms with Crippen LogP contribution in [0.2, 0.25) is 0 Å². The van der Waals surface area contributed by atoms with Gasteiger partial charge < -0.3 is 5.11 Å². The molecule has 1 N–H and O–H groups in total. The third kappa shape index (κ3) is 4.07. The molecule has 1 heterocycles. The number of aromatic hydroxyl groups is 1. The van der Waals surface area contributed by atoms with Gasteiger partial charge in [0.05, 0.1) is 18.0 Å². The minimum atomic E-state index is -0.295. The molecule has 4 rings (SSSR count). The van der Waals surface area contributed by atoms with Crippen LogP contribution in [0.15, 0.2) is 64.0 Å². The topological polar surface area (TPSA) is 49.9 Å². The molecule has 0 bridgehead atoms. The Morgan fingerprint density at radius 3 is 2.57 bits per heavy atom. The highest BCUT2D eigenvalue weighted by molar-refractivity contribution is 7.07. The van der Waals surface area contributed by atoms with E-state index in [0.29, 0.717) is 16.8 Å². The predicted octanol–water partition coefficient (Wildman–Crippen LogP) is 5.18. The molecule has 1 fully saturated rings. The monoisotopic (exact) mass is 395 g/mol. The molecule has 28 heavy (non-hydrogen) atoms. The molecule has 0 atom stereocenters. The third-order valence-electron chi connectivity index (χ3n) is 4.95. The smallest absolute Gasteiger partial charge is 0.206 e. The lowest BCUT2D eigenvalue weighted by Crippen LogP contribution is -2.19. The van der Waals surface area contributed by atoms with Crippen LogP contribution in [0.4, 0.5) is 4.39 Å². The molecule has 1 aliphatic carbocycles. The van der Waals surface area contributed by atoms with E-state index >= 15 is 0 Å². The highest BCUT2D eigenvalue weighted by Gasteiger charge is 2.15. The van der Waals surface area contributed by atoms with E-state index in [-0.39, 0.29) is 17.6 Å². The van der Waals surface area contributed by atoms with E-state index in [1.165, 1.54) is 36.7 Å². The lowest BCUT2D eigenvalue weighted by Gasteiger charge is -2.16. The number of para-hydroxylation sites is 1. The molecule has 4 nitrogen and oxygen atoms in total. The van der Waals surface area contributed by atoms with Crippen molar-refractivity contribution in [3.63, 3.8) is 0 Å². The standard InChI is InChI=1S/C22H22FN3OS/c23-19-12-6-5-11-18(19)20-15-28-22(25-17-9-2-1-3-10-17)26(20)24-14-16-8-4-7-13-21(16)27/h4-8,11-15,17,27H,1-3,9-10H2. The fourth-order valence-corrected chi connectivity index (χ4v) is 4.34. The molecule has 1 aliphatic rings. The second-order valence-corrected chi connectivity index (χ2v) is 7.76. The Kier molecular flexibility index (Phi) is 5.67. The first-order valence-electron chi connectivity index (χ1n) is 9.54. The van der Waals surface area contributed by atoms with Crippen LogP contribution in [0.1, 0.15) is 37.7 Å². The molecule has 0 aliphatic heterocycles. The van der Waals surface area contributed by atoms with Crippen LogP contribution in [0.5, 0.6) is 5.75 Å². The number of rotatable bonds is 4. The SMILES string of the molecule is Oc1ccccc1C=Nn1c(-c2ccccc2F)csc1=NC1CCCCC1. The molecule has 1 aromatic heterocycles. The zero-order valence-electron chi connectivity index (χ0n) is 15.5. The van der Waals surface area contributed by atoms with E-state index in [2.05, 4.69) is 5.10 Å². The first-order valence-corrected chi connectivity index (χ1v) is 10.4. The molecule has 144 valence electrons. The fraction of sp³-hybridized carbons (Fsp3) is 0.273. The summed E-state index contributed by atoms with van der Waals surface area (Å²) in [4.78, 5) is 5.66. The van der Waals surface area contributed by atoms with Crippen molar-refractivity contribution in [1.29, 1.82) is 0 Å². The first kappa shape index (κ1) is 18.6. The van der Waals surface area contributed by atoms with Crippen molar-refractivity contribution in [2.24, 2.45) is 10.1 Å². The Bertz CT molecular complexity index is 1050. The minimum Gasteiger partial charge on any atom is -0.507 e. The van der Waals surface area contributed by atoms with Gasteiger partial charge in [0.25, 0.3) is 0 Å². The van der Waals surface area contributed by atoms with Crippen molar-refractivity contribution in [1.82, 2.24) is 4.68 Å². The lowest BCUT2D eigenvalue weighted by molar-refractivity contribution is 0.435. The van der Waals surface area contributed by atoms with Crippen molar-refractivity contribution in [3.05, 3.63) is 70.1 Å². The van der Waals surface area contributed by atoms with Crippen LogP contribution in [-0.4, -0.2) is 22.0 Å². The van der Waals surface area contributed by atoms with Crippen LogP contribution in [0.3, 0.4) is 0 Å². The number of phenolic OH excluding ortho intramolecular Hbond substituents is 1. The number of benzene rings is 2. The van der Waals surface area contributed by atoms with Gasteiger partial charge in [-0.2, -0.15) is 5.10 Å². The molecule has 0 saturated heterocycles. The maximum atomic E-state index is 14.4. The summed E-state index contributed by atoms with van der Waals surface area (Å²) >= 11 is 1.47. The van der Waals surface area contributed by atoms with E-state index in [4.69, 9.17) is 4.99 Å². The number of hydrogen-bond donors (Lipinski definition) is 1. The van der Waals surface area contributed by atoms with Gasteiger partial charge in [0, 0.05) is 16.5 Å². The van der Waals surface area contributed by atoms with Gasteiger partial charge in [-0.3, -0.25) is 4.99 Å². The number of thiazole rings is 1. The van der Waals surface area contributed by atoms with Crippen molar-refractivity contribution >= 4 is 17.6 Å². The van der Waals surface area contributed by atoms with E-state index < -0.39 is 0 Å². The number of aromatic nitrogens is 1. The molecule has 2 aromatic carbocycles. The van der Waals surface area contributed by atoms with Crippen molar-refractivity contribution in [2.45, 2.75) is 38.1 Å². The summed E-state index contributed by atoms with van der Waals surface area (Å²) in [5.74, 6) is -0.142. The summed E-state index contributed by atoms with van der Waals surface area (Å²) in [6.45, 7) is 0. The summed E-state index contributed by atoms with van der Waals surface area (Å²) in [6, 6.07) is 14.0. The highest BCUT2D eigenvalue weighted by atomic mass is 32.1. The Hall–Kier alpha value is -2.73. The van der Waals surface area contributed by atoms with Gasteiger partial charge in [-0.1, -0.05) is 43.5 Å². The van der Waals surface area contributed by atoms with Gasteiger partial charge in [-0.15, -0.1) is 11.3 Å². The van der Waals surface area contributed by atoms with Crippen LogP contribution in [0.25, 0.3) is 11.3 Å². The summed E-state index contributed by atoms with van der Waals surface area (Å²) in [6.07, 6.45) is 7.41. The third-order valence-corrected chi connectivity index (χ3v) is 5.78. The molecule has 0 amide bonds. The Morgan fingerprint density at radius 1 is 1.04 bits per heavy atom. The van der Waals surface area contributed by atoms with Crippen molar-refractivity contribution in [3.8, 4) is 17.0 Å². The summed E-state index contributed by atoms with van der Waals surface area (Å²) in [5, 5.41) is 16.5. The van der Waals surface area contributed by atoms with Gasteiger partial charge in [0.2, 0.25) is 4.80 Å². The summed E-state index contributed by atoms with van der Waals surface area (Å²) in [5.41, 5.74) is 1.74. The van der Waals surface area contributed by atoms with Crippen LogP contribution < -0.4 is 4.80 Å². The van der Waals surface area contributed by atoms with Gasteiger partial charge in [0.15, 0.2) is 0 Å². The predicted molar refractivity (Wildman–Crippen MR) is 111 cm³/mol. The fourth-order valence-electron chi connectivity index (χ4n) is 3.44. The average Bonchev–Trinajstić information content (AvgIpc) is 3.11. The maximum Gasteiger partial charge on any atom is 0.206 e. The van der Waals surface area contributed by atoms with Crippen molar-refractivity contribution in [2.75, 3.05) is 0 Å². The molecular formula is C22H22FN3OS. The summed E-state index contributed by atoms with van der Waals surface area (Å²) < 4.78 is 16.1. The highest BCUT2D eigenvalue weighted by Crippen LogP contribution is 2.24. The normalized spacial score (nSPS) is 16.1. The maximum absolute atomic E-state index is 14.4. The van der Waals surface area contributed by atoms with Gasteiger partial charge in [0.1, 0.15) is 11.6 Å². The lowest BCUT2D eigenvalue weighted by atomic mass is 9.96. The molecule has 0 radical (unpaired) electrons. The summed E-state index contributed by atoms with van der Waals surface area (Å²) in [7, 11) is 0. The van der Waals surface area contributed by atoms with Crippen LogP contribution in [-0.2, 0) is 0 Å². The molecule has 0 spiro atoms. The van der Waals surface area contributed by atoms with E-state index in [0.717, 1.165) is 17.6 Å². The molecule has 0 unspecified atom stereocenters. The first-order chi connectivity index (χ1) is 13.7. The molecule has 1 saturated carbocycles. The van der Waals surface area contributed by atoms with Crippen molar-refractivity contribution < 1.29 is 9.50 Å². The van der Waals surface area contributed by atoms with E-state index in [1.807, 2.05) is 17.5 Å². The molecule has 3 aromatic rings. The van der Waals surface area contributed by atoms with Gasteiger partial charge in [-0.05, 0) is 37.1 Å². The number of phenols is 1. The number of nitrogens with zero attached hydrogens (tertiary/aromatic N) is 3. The number of halogens is 1. The Morgan fingerprint density at radius 2 is 1.79 bits per heavy atom. The van der Waals surface area contributed by atoms with Crippen LogP contribution in [0, 0.1) is 5.82 Å². The second kappa shape index (κ2) is 8.52. The zero-order chi connectivity index (χ0) is 19.3. The minimum absolute atomic E-state index is 0.153. The zero-order valence-corrected chi connectivity index (χ0v) is 16.3. The average molecular weight is 396 g/mol. The van der Waals surface area contributed by atoms with E-state index in [9.17, 15) is 9.50 Å². The van der Waals surface area contributed by atoms with Crippen LogP contribution >= 0.6 is 11.3 Å². The second-order valence-electron chi connectivity index (χ2n) is 6.92. The van der Waals surface area contributed by atoms with Gasteiger partial charge >= 0.3 is 0 Å². The molecular weight excluding hydrogens is 373 g/mol. The molecule has 6 heteroatoms. The largest absolute Gasteiger partial charge is 0.507 e. The van der Waals surface area contributed by atoms with Gasteiger partial charge in [-0.25, -0.2) is 9.07 Å². The Balaban J connectivity index is 1.80. The van der Waals surface area contributed by atoms with E-state index in [1.54, 1.807) is 41.2 Å². The number of hydrogen-bond acceptors (Lipinski definition) is 4. The Labute approximate surface area is 167 Å². The quantitative estimate of drug-likeness (QED) is 0.608.